The van der Waals surface area contributed by atoms with Crippen molar-refractivity contribution in [2.75, 3.05) is 12.4 Å². The van der Waals surface area contributed by atoms with E-state index >= 15 is 0 Å². The summed E-state index contributed by atoms with van der Waals surface area (Å²) < 4.78 is 3.95. The van der Waals surface area contributed by atoms with Crippen LogP contribution < -0.4 is 10.0 Å². The Labute approximate surface area is 78.9 Å². The highest BCUT2D eigenvalue weighted by molar-refractivity contribution is 7.99. The van der Waals surface area contributed by atoms with Gasteiger partial charge >= 0.3 is 0 Å². The van der Waals surface area contributed by atoms with E-state index in [9.17, 15) is 4.79 Å². The van der Waals surface area contributed by atoms with E-state index in [1.54, 1.807) is 6.20 Å². The van der Waals surface area contributed by atoms with Crippen LogP contribution >= 0.6 is 23.3 Å². The molecule has 6 heteroatoms. The number of nitrogens with zero attached hydrogens (tertiary/aromatic N) is 1. The lowest BCUT2D eigenvalue weighted by molar-refractivity contribution is -0.114. The lowest BCUT2D eigenvalue weighted by atomic mass is 10.7. The summed E-state index contributed by atoms with van der Waals surface area (Å²) in [5, 5.41) is 3.25. The monoisotopic (exact) mass is 203 g/mol. The molecule has 0 saturated carbocycles. The van der Waals surface area contributed by atoms with Gasteiger partial charge in [-0.05, 0) is 19.0 Å². The Kier molecular flexibility index (Phi) is 3.51. The maximum atomic E-state index is 10.6. The maximum absolute atomic E-state index is 10.6. The van der Waals surface area contributed by atoms with Crippen LogP contribution in [-0.2, 0) is 4.79 Å². The van der Waals surface area contributed by atoms with Crippen molar-refractivity contribution in [3.8, 4) is 0 Å². The van der Waals surface area contributed by atoms with E-state index in [4.69, 9.17) is 0 Å². The van der Waals surface area contributed by atoms with Crippen molar-refractivity contribution in [2.24, 2.45) is 0 Å². The zero-order valence-corrected chi connectivity index (χ0v) is 8.38. The molecule has 0 aliphatic carbocycles. The highest BCUT2D eigenvalue weighted by Crippen LogP contribution is 2.25. The Morgan fingerprint density at radius 3 is 3.08 bits per heavy atom. The normalized spacial score (nSPS) is 9.83. The number of carbonyl (C=O) groups excluding carboxylic acids is 1. The third kappa shape index (κ3) is 2.80. The quantitative estimate of drug-likeness (QED) is 0.728. The van der Waals surface area contributed by atoms with E-state index in [-0.39, 0.29) is 5.91 Å². The first-order valence-electron chi connectivity index (χ1n) is 3.29. The smallest absolute Gasteiger partial charge is 0.223 e. The molecule has 2 N–H and O–H groups in total. The molecular formula is C6H9N3OS2. The van der Waals surface area contributed by atoms with Crippen molar-refractivity contribution in [1.29, 1.82) is 0 Å². The minimum atomic E-state index is -0.0923. The van der Waals surface area contributed by atoms with E-state index in [1.807, 2.05) is 7.05 Å². The van der Waals surface area contributed by atoms with Gasteiger partial charge in [0, 0.05) is 6.92 Å². The van der Waals surface area contributed by atoms with Crippen LogP contribution in [0.1, 0.15) is 6.92 Å². The van der Waals surface area contributed by atoms with Crippen LogP contribution in [0.3, 0.4) is 0 Å². The fourth-order valence-electron chi connectivity index (χ4n) is 0.615. The summed E-state index contributed by atoms with van der Waals surface area (Å²) in [7, 11) is 1.84. The van der Waals surface area contributed by atoms with Gasteiger partial charge in [-0.2, -0.15) is 0 Å². The van der Waals surface area contributed by atoms with Gasteiger partial charge in [0.2, 0.25) is 5.91 Å². The summed E-state index contributed by atoms with van der Waals surface area (Å²) in [5.41, 5.74) is 0. The van der Waals surface area contributed by atoms with E-state index in [2.05, 4.69) is 15.0 Å². The summed E-state index contributed by atoms with van der Waals surface area (Å²) in [5.74, 6) is -0.0923. The average Bonchev–Trinajstić information content (AvgIpc) is 2.36. The summed E-state index contributed by atoms with van der Waals surface area (Å²) in [4.78, 5) is 14.6. The van der Waals surface area contributed by atoms with Crippen molar-refractivity contribution >= 4 is 34.3 Å². The van der Waals surface area contributed by atoms with E-state index in [1.165, 1.54) is 30.2 Å². The SMILES string of the molecule is CNSc1cnc(NC(C)=O)s1. The molecule has 1 aromatic rings. The minimum absolute atomic E-state index is 0.0923. The number of nitrogens with one attached hydrogen (secondary N) is 2. The Bertz CT molecular complexity index is 274. The van der Waals surface area contributed by atoms with E-state index < -0.39 is 0 Å². The molecule has 0 atom stereocenters. The van der Waals surface area contributed by atoms with Gasteiger partial charge in [-0.1, -0.05) is 11.3 Å². The average molecular weight is 203 g/mol. The number of anilines is 1. The number of aromatic nitrogens is 1. The zero-order valence-electron chi connectivity index (χ0n) is 6.75. The van der Waals surface area contributed by atoms with Crippen molar-refractivity contribution in [3.63, 3.8) is 0 Å². The molecule has 0 bridgehead atoms. The molecule has 1 aromatic heterocycles. The lowest BCUT2D eigenvalue weighted by Crippen LogP contribution is -2.04. The van der Waals surface area contributed by atoms with Gasteiger partial charge in [0.15, 0.2) is 5.13 Å². The first-order valence-corrected chi connectivity index (χ1v) is 4.92. The van der Waals surface area contributed by atoms with Crippen molar-refractivity contribution in [3.05, 3.63) is 6.20 Å². The number of rotatable bonds is 3. The van der Waals surface area contributed by atoms with Crippen LogP contribution in [0.15, 0.2) is 10.4 Å². The van der Waals surface area contributed by atoms with Gasteiger partial charge in [0.25, 0.3) is 0 Å². The van der Waals surface area contributed by atoms with Crippen LogP contribution in [0.25, 0.3) is 0 Å². The topological polar surface area (TPSA) is 54.0 Å². The number of amides is 1. The summed E-state index contributed by atoms with van der Waals surface area (Å²) in [6, 6.07) is 0. The first kappa shape index (κ1) is 9.50. The highest BCUT2D eigenvalue weighted by atomic mass is 32.2. The van der Waals surface area contributed by atoms with Crippen LogP contribution in [0.5, 0.6) is 0 Å². The van der Waals surface area contributed by atoms with Gasteiger partial charge in [0.1, 0.15) is 0 Å². The Morgan fingerprint density at radius 2 is 2.50 bits per heavy atom. The summed E-state index contributed by atoms with van der Waals surface area (Å²) in [6.07, 6.45) is 1.72. The van der Waals surface area contributed by atoms with Gasteiger partial charge in [-0.25, -0.2) is 4.98 Å². The molecule has 0 unspecified atom stereocenters. The van der Waals surface area contributed by atoms with Gasteiger partial charge in [0.05, 0.1) is 10.4 Å². The second-order valence-electron chi connectivity index (χ2n) is 1.97. The van der Waals surface area contributed by atoms with Gasteiger partial charge in [-0.15, -0.1) is 0 Å². The molecule has 0 spiro atoms. The second kappa shape index (κ2) is 4.44. The predicted molar refractivity (Wildman–Crippen MR) is 51.3 cm³/mol. The fraction of sp³-hybridized carbons (Fsp3) is 0.333. The first-order chi connectivity index (χ1) is 5.72. The molecule has 0 aromatic carbocycles. The van der Waals surface area contributed by atoms with Gasteiger partial charge in [-0.3, -0.25) is 9.52 Å². The molecule has 0 radical (unpaired) electrons. The number of hydrogen-bond acceptors (Lipinski definition) is 5. The molecule has 0 aliphatic heterocycles. The molecule has 66 valence electrons. The maximum Gasteiger partial charge on any atom is 0.223 e. The third-order valence-corrected chi connectivity index (χ3v) is 2.69. The van der Waals surface area contributed by atoms with Crippen molar-refractivity contribution < 1.29 is 4.79 Å². The van der Waals surface area contributed by atoms with Crippen LogP contribution in [0.2, 0.25) is 0 Å². The molecule has 0 saturated heterocycles. The summed E-state index contributed by atoms with van der Waals surface area (Å²) >= 11 is 2.92. The van der Waals surface area contributed by atoms with E-state index in [0.717, 1.165) is 4.21 Å². The van der Waals surface area contributed by atoms with Gasteiger partial charge < -0.3 is 5.32 Å². The van der Waals surface area contributed by atoms with Crippen LogP contribution in [0.4, 0.5) is 5.13 Å². The predicted octanol–water partition coefficient (Wildman–Crippen LogP) is 1.33. The molecule has 12 heavy (non-hydrogen) atoms. The van der Waals surface area contributed by atoms with Crippen LogP contribution in [-0.4, -0.2) is 17.9 Å². The zero-order chi connectivity index (χ0) is 8.97. The third-order valence-electron chi connectivity index (χ3n) is 0.970. The summed E-state index contributed by atoms with van der Waals surface area (Å²) in [6.45, 7) is 1.46. The standard InChI is InChI=1S/C6H9N3OS2/c1-4(10)9-6-8-3-5(11-6)12-7-2/h3,7H,1-2H3,(H,8,9,10). The molecule has 0 aliphatic rings. The Morgan fingerprint density at radius 1 is 1.75 bits per heavy atom. The Hall–Kier alpha value is -0.590. The van der Waals surface area contributed by atoms with Crippen molar-refractivity contribution in [1.82, 2.24) is 9.71 Å². The second-order valence-corrected chi connectivity index (χ2v) is 4.31. The lowest BCUT2D eigenvalue weighted by Gasteiger charge is -1.92. The van der Waals surface area contributed by atoms with Crippen LogP contribution in [0, 0.1) is 0 Å². The Balaban J connectivity index is 2.58. The number of hydrogen-bond donors (Lipinski definition) is 2. The molecule has 1 rings (SSSR count). The molecule has 1 amide bonds. The fourth-order valence-corrected chi connectivity index (χ4v) is 2.17. The number of thiazole rings is 1. The number of carbonyl (C=O) groups is 1. The molecule has 4 nitrogen and oxygen atoms in total. The largest absolute Gasteiger partial charge is 0.302 e. The van der Waals surface area contributed by atoms with Crippen molar-refractivity contribution in [2.45, 2.75) is 11.1 Å². The minimum Gasteiger partial charge on any atom is -0.302 e. The highest BCUT2D eigenvalue weighted by Gasteiger charge is 2.02. The molecule has 1 heterocycles. The van der Waals surface area contributed by atoms with E-state index in [0.29, 0.717) is 5.13 Å². The molecular weight excluding hydrogens is 194 g/mol. The molecule has 0 fully saturated rings.